The smallest absolute Gasteiger partial charge is 0.159 e. The summed E-state index contributed by atoms with van der Waals surface area (Å²) < 4.78 is 13.7. The molecule has 0 spiro atoms. The van der Waals surface area contributed by atoms with Crippen LogP contribution in [0.2, 0.25) is 0 Å². The van der Waals surface area contributed by atoms with Crippen LogP contribution in [0.4, 0.5) is 17.1 Å². The molecule has 0 amide bonds. The van der Waals surface area contributed by atoms with Crippen molar-refractivity contribution in [2.24, 2.45) is 0 Å². The quantitative estimate of drug-likeness (QED) is 0.173. The molecule has 258 valence electrons. The van der Waals surface area contributed by atoms with Crippen LogP contribution in [-0.4, -0.2) is 0 Å². The third kappa shape index (κ3) is 5.05. The fourth-order valence-electron chi connectivity index (χ4n) is 8.38. The highest BCUT2D eigenvalue weighted by atomic mass is 16.3. The van der Waals surface area contributed by atoms with E-state index in [9.17, 15) is 0 Å². The zero-order chi connectivity index (χ0) is 36.3. The summed E-state index contributed by atoms with van der Waals surface area (Å²) in [4.78, 5) is 2.37. The van der Waals surface area contributed by atoms with Crippen LogP contribution in [0.1, 0.15) is 0 Å². The summed E-state index contributed by atoms with van der Waals surface area (Å²) in [6.45, 7) is 0. The van der Waals surface area contributed by atoms with Gasteiger partial charge in [-0.1, -0.05) is 158 Å². The number of para-hydroxylation sites is 3. The lowest BCUT2D eigenvalue weighted by Crippen LogP contribution is -2.12. The van der Waals surface area contributed by atoms with Crippen molar-refractivity contribution in [3.8, 4) is 33.4 Å². The van der Waals surface area contributed by atoms with E-state index in [-0.39, 0.29) is 0 Å². The summed E-state index contributed by atoms with van der Waals surface area (Å²) >= 11 is 0. The zero-order valence-corrected chi connectivity index (χ0v) is 29.8. The highest BCUT2D eigenvalue weighted by Crippen LogP contribution is 2.50. The zero-order valence-electron chi connectivity index (χ0n) is 29.8. The number of nitrogens with zero attached hydrogens (tertiary/aromatic N) is 1. The van der Waals surface area contributed by atoms with Gasteiger partial charge in [-0.15, -0.1) is 0 Å². The molecular weight excluding hydrogens is 671 g/mol. The molecule has 3 nitrogen and oxygen atoms in total. The van der Waals surface area contributed by atoms with Gasteiger partial charge in [-0.2, -0.15) is 0 Å². The van der Waals surface area contributed by atoms with E-state index in [1.165, 1.54) is 11.1 Å². The molecule has 11 aromatic rings. The maximum atomic E-state index is 6.91. The van der Waals surface area contributed by atoms with Crippen molar-refractivity contribution in [1.82, 2.24) is 0 Å². The van der Waals surface area contributed by atoms with Gasteiger partial charge in [0.25, 0.3) is 0 Å². The molecule has 0 radical (unpaired) electrons. The third-order valence-electron chi connectivity index (χ3n) is 10.9. The average Bonchev–Trinajstić information content (AvgIpc) is 3.84. The first-order valence-corrected chi connectivity index (χ1v) is 18.7. The van der Waals surface area contributed by atoms with Crippen molar-refractivity contribution in [3.05, 3.63) is 200 Å². The molecule has 9 aromatic carbocycles. The van der Waals surface area contributed by atoms with E-state index in [2.05, 4.69) is 193 Å². The highest BCUT2D eigenvalue weighted by Gasteiger charge is 2.26. The minimum absolute atomic E-state index is 0.826. The van der Waals surface area contributed by atoms with Gasteiger partial charge in [0.2, 0.25) is 0 Å². The van der Waals surface area contributed by atoms with Crippen LogP contribution in [-0.2, 0) is 0 Å². The summed E-state index contributed by atoms with van der Waals surface area (Å²) in [7, 11) is 0. The minimum atomic E-state index is 0.826. The Morgan fingerprint density at radius 1 is 0.291 bits per heavy atom. The maximum absolute atomic E-state index is 6.91. The first kappa shape index (κ1) is 31.2. The monoisotopic (exact) mass is 703 g/mol. The lowest BCUT2D eigenvalue weighted by Gasteiger charge is -2.28. The molecule has 0 atom stereocenters. The van der Waals surface area contributed by atoms with Crippen molar-refractivity contribution in [1.29, 1.82) is 0 Å². The predicted molar refractivity (Wildman–Crippen MR) is 229 cm³/mol. The van der Waals surface area contributed by atoms with Gasteiger partial charge in [0.05, 0.1) is 22.4 Å². The van der Waals surface area contributed by atoms with Gasteiger partial charge in [-0.25, -0.2) is 0 Å². The molecule has 0 saturated heterocycles. The van der Waals surface area contributed by atoms with Gasteiger partial charge in [-0.3, -0.25) is 0 Å². The van der Waals surface area contributed by atoms with Crippen LogP contribution < -0.4 is 4.90 Å². The summed E-state index contributed by atoms with van der Waals surface area (Å²) in [6.07, 6.45) is 0. The van der Waals surface area contributed by atoms with Crippen molar-refractivity contribution in [3.63, 3.8) is 0 Å². The second-order valence-electron chi connectivity index (χ2n) is 14.0. The fourth-order valence-corrected chi connectivity index (χ4v) is 8.38. The van der Waals surface area contributed by atoms with Gasteiger partial charge >= 0.3 is 0 Å². The molecule has 0 aliphatic rings. The maximum Gasteiger partial charge on any atom is 0.159 e. The molecule has 0 bridgehead atoms. The molecule has 0 aliphatic heterocycles. The lowest BCUT2D eigenvalue weighted by atomic mass is 9.93. The Hall–Kier alpha value is -7.36. The first-order valence-electron chi connectivity index (χ1n) is 18.7. The van der Waals surface area contributed by atoms with Gasteiger partial charge in [0.15, 0.2) is 5.58 Å². The fraction of sp³-hybridized carbons (Fsp3) is 0. The second kappa shape index (κ2) is 12.6. The molecule has 11 rings (SSSR count). The highest BCUT2D eigenvalue weighted by molar-refractivity contribution is 6.23. The third-order valence-corrected chi connectivity index (χ3v) is 10.9. The van der Waals surface area contributed by atoms with E-state index >= 15 is 0 Å². The number of fused-ring (bicyclic) bond motifs is 8. The van der Waals surface area contributed by atoms with E-state index < -0.39 is 0 Å². The summed E-state index contributed by atoms with van der Waals surface area (Å²) in [5.74, 6) is 0. The van der Waals surface area contributed by atoms with E-state index in [0.29, 0.717) is 0 Å². The normalized spacial score (nSPS) is 11.6. The Bertz CT molecular complexity index is 3210. The molecule has 0 unspecified atom stereocenters. The number of benzene rings is 9. The topological polar surface area (TPSA) is 29.5 Å². The van der Waals surface area contributed by atoms with E-state index in [1.54, 1.807) is 0 Å². The number of rotatable bonds is 6. The van der Waals surface area contributed by atoms with Crippen LogP contribution >= 0.6 is 0 Å². The summed E-state index contributed by atoms with van der Waals surface area (Å²) in [5, 5.41) is 6.50. The Morgan fingerprint density at radius 2 is 0.836 bits per heavy atom. The first-order chi connectivity index (χ1) is 27.3. The van der Waals surface area contributed by atoms with E-state index in [1.807, 2.05) is 12.1 Å². The average molecular weight is 704 g/mol. The predicted octanol–water partition coefficient (Wildman–Crippen LogP) is 15.1. The van der Waals surface area contributed by atoms with Crippen LogP contribution in [0.3, 0.4) is 0 Å². The van der Waals surface area contributed by atoms with Crippen LogP contribution in [0.15, 0.2) is 209 Å². The van der Waals surface area contributed by atoms with Gasteiger partial charge in [0, 0.05) is 27.1 Å². The molecule has 2 aromatic heterocycles. The molecule has 0 aliphatic carbocycles. The van der Waals surface area contributed by atoms with Crippen LogP contribution in [0.25, 0.3) is 88.0 Å². The molecule has 3 heteroatoms. The Morgan fingerprint density at radius 3 is 1.69 bits per heavy atom. The van der Waals surface area contributed by atoms with Gasteiger partial charge in [0.1, 0.15) is 16.7 Å². The molecule has 0 saturated carbocycles. The van der Waals surface area contributed by atoms with Crippen molar-refractivity contribution in [2.75, 3.05) is 4.90 Å². The largest absolute Gasteiger partial charge is 0.455 e. The molecular formula is C52H33NO2. The van der Waals surface area contributed by atoms with Crippen molar-refractivity contribution < 1.29 is 8.83 Å². The molecule has 0 N–H and O–H groups in total. The molecule has 55 heavy (non-hydrogen) atoms. The minimum Gasteiger partial charge on any atom is -0.455 e. The number of furan rings is 2. The Kier molecular flexibility index (Phi) is 7.17. The number of anilines is 3. The van der Waals surface area contributed by atoms with Crippen LogP contribution in [0, 0.1) is 0 Å². The molecule has 0 fully saturated rings. The van der Waals surface area contributed by atoms with Gasteiger partial charge in [-0.05, 0) is 75.7 Å². The molecule has 2 heterocycles. The number of hydrogen-bond donors (Lipinski definition) is 0. The van der Waals surface area contributed by atoms with Crippen molar-refractivity contribution in [2.45, 2.75) is 0 Å². The van der Waals surface area contributed by atoms with Gasteiger partial charge < -0.3 is 13.7 Å². The van der Waals surface area contributed by atoms with Crippen molar-refractivity contribution >= 4 is 71.7 Å². The van der Waals surface area contributed by atoms with Crippen LogP contribution in [0.5, 0.6) is 0 Å². The lowest BCUT2D eigenvalue weighted by molar-refractivity contribution is 0.669. The second-order valence-corrected chi connectivity index (χ2v) is 14.0. The standard InChI is InChI=1S/C52H33NO2/c1-3-16-34(17-4-1)36-20-13-21-37(32-36)43-33-44-50-46(28-15-31-49(50)55-51(44)41-25-8-7-23-39(41)43)53(45-27-11-9-22-38(45)35-18-5-2-6-19-35)47-29-14-26-42-40-24-10-12-30-48(40)54-52(42)47/h1-33H. The number of hydrogen-bond acceptors (Lipinski definition) is 3. The summed E-state index contributed by atoms with van der Waals surface area (Å²) in [5.41, 5.74) is 13.3. The SMILES string of the molecule is c1ccc(-c2cccc(-c3cc4c(oc5cccc(N(c6ccccc6-c6ccccc6)c6cccc7c6oc6ccccc67)c54)c4ccccc34)c2)cc1. The van der Waals surface area contributed by atoms with E-state index in [0.717, 1.165) is 94.0 Å². The Balaban J connectivity index is 1.23. The summed E-state index contributed by atoms with van der Waals surface area (Å²) in [6, 6.07) is 70.8. The Labute approximate surface area is 317 Å². The van der Waals surface area contributed by atoms with E-state index in [4.69, 9.17) is 8.83 Å².